The number of methoxy groups -OCH3 is 1. The van der Waals surface area contributed by atoms with Crippen molar-refractivity contribution >= 4 is 28.1 Å². The fraction of sp³-hybridized carbons (Fsp3) is 0.0769. The highest BCUT2D eigenvalue weighted by molar-refractivity contribution is 6.02. The number of nitriles is 1. The molecule has 0 fully saturated rings. The van der Waals surface area contributed by atoms with E-state index in [1.807, 2.05) is 6.07 Å². The minimum Gasteiger partial charge on any atom is -0.464 e. The lowest BCUT2D eigenvalue weighted by Crippen LogP contribution is -2.02. The highest BCUT2D eigenvalue weighted by Crippen LogP contribution is 2.21. The molecule has 3 aromatic rings. The molecule has 0 saturated heterocycles. The number of nitrogens with one attached hydrogen (secondary N) is 3. The lowest BCUT2D eigenvalue weighted by Gasteiger charge is -2.02. The number of fused-ring (bicyclic) bond motifs is 1. The first-order valence-corrected chi connectivity index (χ1v) is 6.40. The Bertz CT molecular complexity index is 919. The van der Waals surface area contributed by atoms with Crippen LogP contribution in [0.4, 0.5) is 5.69 Å². The average molecular weight is 310 g/mol. The lowest BCUT2D eigenvalue weighted by atomic mass is 10.2. The van der Waals surface area contributed by atoms with Crippen molar-refractivity contribution in [3.05, 3.63) is 35.9 Å². The number of rotatable bonds is 4. The van der Waals surface area contributed by atoms with Gasteiger partial charge >= 0.3 is 5.97 Å². The molecule has 10 heteroatoms. The number of aromatic nitrogens is 6. The normalized spacial score (nSPS) is 11.2. The summed E-state index contributed by atoms with van der Waals surface area (Å²) in [6.45, 7) is 0. The number of H-pyrrole nitrogens is 2. The Labute approximate surface area is 129 Å². The minimum atomic E-state index is -0.534. The fourth-order valence-corrected chi connectivity index (χ4v) is 1.93. The number of nitrogens with zero attached hydrogens (tertiary/aromatic N) is 5. The minimum absolute atomic E-state index is 0.180. The Balaban J connectivity index is 1.92. The highest BCUT2D eigenvalue weighted by atomic mass is 16.5. The van der Waals surface area contributed by atoms with Gasteiger partial charge < -0.3 is 10.1 Å². The molecule has 1 aromatic carbocycles. The predicted molar refractivity (Wildman–Crippen MR) is 78.8 cm³/mol. The zero-order valence-electron chi connectivity index (χ0n) is 11.9. The van der Waals surface area contributed by atoms with E-state index in [2.05, 4.69) is 40.9 Å². The molecule has 0 bridgehead atoms. The van der Waals surface area contributed by atoms with Gasteiger partial charge in [0.25, 0.3) is 0 Å². The Hall–Kier alpha value is -3.74. The van der Waals surface area contributed by atoms with E-state index >= 15 is 0 Å². The second-order valence-electron chi connectivity index (χ2n) is 4.37. The summed E-state index contributed by atoms with van der Waals surface area (Å²) in [5, 5.41) is 32.5. The molecule has 0 saturated carbocycles. The van der Waals surface area contributed by atoms with Crippen molar-refractivity contribution in [1.82, 2.24) is 30.8 Å². The molecule has 0 radical (unpaired) electrons. The molecule has 114 valence electrons. The maximum absolute atomic E-state index is 11.7. The quantitative estimate of drug-likeness (QED) is 0.474. The van der Waals surface area contributed by atoms with E-state index in [0.717, 1.165) is 0 Å². The topological polar surface area (TPSA) is 145 Å². The predicted octanol–water partition coefficient (Wildman–Crippen LogP) is 0.839. The van der Waals surface area contributed by atoms with Gasteiger partial charge in [0, 0.05) is 17.3 Å². The number of esters is 1. The fourth-order valence-electron chi connectivity index (χ4n) is 1.93. The van der Waals surface area contributed by atoms with Gasteiger partial charge in [0.1, 0.15) is 11.6 Å². The molecule has 0 aliphatic carbocycles. The van der Waals surface area contributed by atoms with Crippen LogP contribution in [0.2, 0.25) is 0 Å². The summed E-state index contributed by atoms with van der Waals surface area (Å²) < 4.78 is 4.68. The van der Waals surface area contributed by atoms with Gasteiger partial charge in [-0.05, 0) is 23.4 Å². The number of carbonyl (C=O) groups is 1. The number of carbonyl (C=O) groups excluding carboxylic acids is 1. The zero-order chi connectivity index (χ0) is 16.2. The molecule has 0 aliphatic rings. The van der Waals surface area contributed by atoms with Gasteiger partial charge in [-0.3, -0.25) is 5.10 Å². The van der Waals surface area contributed by atoms with Crippen LogP contribution in [0.15, 0.2) is 24.4 Å². The van der Waals surface area contributed by atoms with Gasteiger partial charge in [-0.25, -0.2) is 4.79 Å². The lowest BCUT2D eigenvalue weighted by molar-refractivity contribution is 0.0596. The number of ether oxygens (including phenoxy) is 1. The van der Waals surface area contributed by atoms with Crippen LogP contribution in [0, 0.1) is 11.3 Å². The Morgan fingerprint density at radius 3 is 3.00 bits per heavy atom. The van der Waals surface area contributed by atoms with Crippen molar-refractivity contribution in [3.63, 3.8) is 0 Å². The SMILES string of the molecule is COC(=O)c1n[nH]c2ccc(NC=C(C#N)c3nn[nH]n3)cc12. The first-order chi connectivity index (χ1) is 11.2. The van der Waals surface area contributed by atoms with Gasteiger partial charge in [0.15, 0.2) is 5.69 Å². The summed E-state index contributed by atoms with van der Waals surface area (Å²) in [7, 11) is 1.29. The zero-order valence-corrected chi connectivity index (χ0v) is 11.9. The number of hydrogen-bond acceptors (Lipinski definition) is 8. The Morgan fingerprint density at radius 1 is 1.43 bits per heavy atom. The van der Waals surface area contributed by atoms with Gasteiger partial charge in [-0.15, -0.1) is 10.2 Å². The Kier molecular flexibility index (Phi) is 3.67. The van der Waals surface area contributed by atoms with Crippen molar-refractivity contribution in [2.45, 2.75) is 0 Å². The van der Waals surface area contributed by atoms with E-state index in [-0.39, 0.29) is 17.1 Å². The summed E-state index contributed by atoms with van der Waals surface area (Å²) in [6, 6.07) is 7.20. The highest BCUT2D eigenvalue weighted by Gasteiger charge is 2.14. The second kappa shape index (κ2) is 5.94. The van der Waals surface area contributed by atoms with Crippen LogP contribution in [0.5, 0.6) is 0 Å². The van der Waals surface area contributed by atoms with E-state index in [1.54, 1.807) is 18.2 Å². The average Bonchev–Trinajstić information content (AvgIpc) is 3.24. The van der Waals surface area contributed by atoms with Gasteiger partial charge in [-0.1, -0.05) is 0 Å². The van der Waals surface area contributed by atoms with Crippen molar-refractivity contribution < 1.29 is 9.53 Å². The van der Waals surface area contributed by atoms with E-state index < -0.39 is 5.97 Å². The van der Waals surface area contributed by atoms with Crippen molar-refractivity contribution in [2.24, 2.45) is 0 Å². The molecule has 0 spiro atoms. The standard InChI is InChI=1S/C13H10N8O2/c1-23-13(22)11-9-4-8(2-3-10(9)16-17-11)15-6-7(5-14)12-18-20-21-19-12/h2-4,6,15H,1H3,(H,16,17)(H,18,19,20,21). The summed E-state index contributed by atoms with van der Waals surface area (Å²) >= 11 is 0. The molecule has 0 atom stereocenters. The molecule has 0 aliphatic heterocycles. The maximum atomic E-state index is 11.7. The van der Waals surface area contributed by atoms with Crippen LogP contribution in [-0.2, 0) is 4.74 Å². The molecule has 3 N–H and O–H groups in total. The largest absolute Gasteiger partial charge is 0.464 e. The first-order valence-electron chi connectivity index (χ1n) is 6.40. The van der Waals surface area contributed by atoms with Crippen molar-refractivity contribution in [1.29, 1.82) is 5.26 Å². The Morgan fingerprint density at radius 2 is 2.30 bits per heavy atom. The second-order valence-corrected chi connectivity index (χ2v) is 4.37. The molecular weight excluding hydrogens is 300 g/mol. The summed E-state index contributed by atoms with van der Waals surface area (Å²) in [5.74, 6) is -0.354. The third-order valence-corrected chi connectivity index (χ3v) is 3.03. The van der Waals surface area contributed by atoms with Gasteiger partial charge in [-0.2, -0.15) is 15.6 Å². The molecule has 0 amide bonds. The maximum Gasteiger partial charge on any atom is 0.359 e. The third kappa shape index (κ3) is 2.70. The van der Waals surface area contributed by atoms with E-state index in [4.69, 9.17) is 5.26 Å². The van der Waals surface area contributed by atoms with Crippen LogP contribution in [0.3, 0.4) is 0 Å². The van der Waals surface area contributed by atoms with Gasteiger partial charge in [0.2, 0.25) is 5.82 Å². The first kappa shape index (κ1) is 14.2. The van der Waals surface area contributed by atoms with E-state index in [1.165, 1.54) is 13.3 Å². The number of aromatic amines is 2. The summed E-state index contributed by atoms with van der Waals surface area (Å²) in [6.07, 6.45) is 1.45. The summed E-state index contributed by atoms with van der Waals surface area (Å²) in [4.78, 5) is 11.7. The van der Waals surface area contributed by atoms with Gasteiger partial charge in [0.05, 0.1) is 12.6 Å². The van der Waals surface area contributed by atoms with Crippen LogP contribution in [0.25, 0.3) is 16.5 Å². The van der Waals surface area contributed by atoms with Crippen LogP contribution >= 0.6 is 0 Å². The van der Waals surface area contributed by atoms with Crippen molar-refractivity contribution in [2.75, 3.05) is 12.4 Å². The third-order valence-electron chi connectivity index (χ3n) is 3.03. The van der Waals surface area contributed by atoms with Crippen LogP contribution in [0.1, 0.15) is 16.3 Å². The van der Waals surface area contributed by atoms with Crippen molar-refractivity contribution in [3.8, 4) is 6.07 Å². The molecule has 3 rings (SSSR count). The summed E-state index contributed by atoms with van der Waals surface area (Å²) in [5.41, 5.74) is 1.74. The van der Waals surface area contributed by atoms with E-state index in [0.29, 0.717) is 16.6 Å². The number of benzene rings is 1. The monoisotopic (exact) mass is 310 g/mol. The number of hydrogen-bond donors (Lipinski definition) is 3. The van der Waals surface area contributed by atoms with E-state index in [9.17, 15) is 4.79 Å². The molecule has 10 nitrogen and oxygen atoms in total. The van der Waals surface area contributed by atoms with Crippen LogP contribution < -0.4 is 5.32 Å². The molecule has 2 aromatic heterocycles. The number of tetrazole rings is 1. The molecule has 23 heavy (non-hydrogen) atoms. The molecule has 0 unspecified atom stereocenters. The molecular formula is C13H10N8O2. The smallest absolute Gasteiger partial charge is 0.359 e. The number of allylic oxidation sites excluding steroid dienone is 1. The number of anilines is 1. The molecule has 2 heterocycles. The van der Waals surface area contributed by atoms with Crippen LogP contribution in [-0.4, -0.2) is 43.9 Å².